The third-order valence-electron chi connectivity index (χ3n) is 1.99. The van der Waals surface area contributed by atoms with Gasteiger partial charge in [-0.2, -0.15) is 0 Å². The van der Waals surface area contributed by atoms with Gasteiger partial charge in [-0.3, -0.25) is 0 Å². The van der Waals surface area contributed by atoms with E-state index in [9.17, 15) is 0 Å². The molecule has 0 N–H and O–H groups in total. The largest absolute Gasteiger partial charge is 0.0859 e. The normalized spacial score (nSPS) is 10.4. The molecule has 14 heavy (non-hydrogen) atoms. The van der Waals surface area contributed by atoms with Gasteiger partial charge in [0.2, 0.25) is 0 Å². The van der Waals surface area contributed by atoms with Crippen molar-refractivity contribution in [3.63, 3.8) is 0 Å². The van der Waals surface area contributed by atoms with Crippen molar-refractivity contribution in [2.45, 2.75) is 74.7 Å². The zero-order valence-electron chi connectivity index (χ0n) is 10.5. The van der Waals surface area contributed by atoms with Crippen molar-refractivity contribution < 1.29 is 0 Å². The Morgan fingerprint density at radius 3 is 2.00 bits per heavy atom. The van der Waals surface area contributed by atoms with E-state index in [-0.39, 0.29) is 7.43 Å². The van der Waals surface area contributed by atoms with Gasteiger partial charge in [-0.1, -0.05) is 59.6 Å². The topological polar surface area (TPSA) is 0 Å². The van der Waals surface area contributed by atoms with Gasteiger partial charge in [-0.05, 0) is 32.6 Å². The highest BCUT2D eigenvalue weighted by Crippen LogP contribution is 2.12. The molecule has 0 bridgehead atoms. The maximum atomic E-state index is 2.35. The quantitative estimate of drug-likeness (QED) is 0.490. The Balaban J connectivity index is -0.000000376. The van der Waals surface area contributed by atoms with Crippen LogP contribution in [0, 0.1) is 5.92 Å². The molecule has 0 aliphatic rings. The third-order valence-corrected chi connectivity index (χ3v) is 1.99. The molecular weight excluding hydrogens is 168 g/mol. The van der Waals surface area contributed by atoms with Crippen molar-refractivity contribution in [2.24, 2.45) is 5.92 Å². The van der Waals surface area contributed by atoms with E-state index in [2.05, 4.69) is 33.8 Å². The molecule has 0 heteroatoms. The Morgan fingerprint density at radius 2 is 1.64 bits per heavy atom. The van der Waals surface area contributed by atoms with E-state index in [1.165, 1.54) is 31.3 Å². The smallest absolute Gasteiger partial charge is 0.0346 e. The molecule has 1 atom stereocenters. The van der Waals surface area contributed by atoms with Crippen molar-refractivity contribution in [2.75, 3.05) is 0 Å². The predicted octanol–water partition coefficient (Wildman–Crippen LogP) is 5.83. The molecule has 0 spiro atoms. The third kappa shape index (κ3) is 17.7. The van der Waals surface area contributed by atoms with Gasteiger partial charge in [-0.15, -0.1) is 0 Å². The molecule has 0 aromatic carbocycles. The van der Waals surface area contributed by atoms with Crippen LogP contribution in [-0.4, -0.2) is 0 Å². The summed E-state index contributed by atoms with van der Waals surface area (Å²) in [5.74, 6) is 0.913. The molecule has 0 aromatic heterocycles. The lowest BCUT2D eigenvalue weighted by atomic mass is 10.00. The lowest BCUT2D eigenvalue weighted by Crippen LogP contribution is -1.92. The monoisotopic (exact) mass is 200 g/mol. The Morgan fingerprint density at radius 1 is 1.14 bits per heavy atom. The first-order valence-electron chi connectivity index (χ1n) is 5.80. The number of rotatable bonds is 5. The first kappa shape index (κ1) is 19.3. The van der Waals surface area contributed by atoms with Gasteiger partial charge in [0.1, 0.15) is 0 Å². The minimum absolute atomic E-state index is 0. The van der Waals surface area contributed by atoms with Gasteiger partial charge in [0, 0.05) is 0 Å². The van der Waals surface area contributed by atoms with Crippen LogP contribution in [-0.2, 0) is 0 Å². The highest BCUT2D eigenvalue weighted by Gasteiger charge is 1.97. The Labute approximate surface area is 92.8 Å². The first-order valence-corrected chi connectivity index (χ1v) is 5.80. The minimum Gasteiger partial charge on any atom is -0.0859 e. The van der Waals surface area contributed by atoms with Crippen LogP contribution in [0.25, 0.3) is 0 Å². The van der Waals surface area contributed by atoms with Crippen LogP contribution in [0.5, 0.6) is 0 Å². The molecule has 0 aliphatic carbocycles. The van der Waals surface area contributed by atoms with Gasteiger partial charge in [-0.25, -0.2) is 0 Å². The number of hydrogen-bond acceptors (Lipinski definition) is 0. The fourth-order valence-electron chi connectivity index (χ4n) is 1.29. The second-order valence-electron chi connectivity index (χ2n) is 3.75. The average molecular weight is 200 g/mol. The molecule has 0 nitrogen and oxygen atoms in total. The highest BCUT2D eigenvalue weighted by atomic mass is 14.0. The van der Waals surface area contributed by atoms with Gasteiger partial charge >= 0.3 is 0 Å². The summed E-state index contributed by atoms with van der Waals surface area (Å²) in [6.45, 7) is 13.0. The predicted molar refractivity (Wildman–Crippen MR) is 70.8 cm³/mol. The van der Waals surface area contributed by atoms with E-state index < -0.39 is 0 Å². The van der Waals surface area contributed by atoms with E-state index in [1.54, 1.807) is 0 Å². The van der Waals surface area contributed by atoms with Crippen molar-refractivity contribution in [1.29, 1.82) is 0 Å². The van der Waals surface area contributed by atoms with Crippen LogP contribution >= 0.6 is 0 Å². The molecule has 0 aromatic rings. The summed E-state index contributed by atoms with van der Waals surface area (Å²) in [4.78, 5) is 0. The molecular formula is C14H32. The van der Waals surface area contributed by atoms with E-state index in [1.807, 2.05) is 13.8 Å². The highest BCUT2D eigenvalue weighted by molar-refractivity contribution is 4.92. The summed E-state index contributed by atoms with van der Waals surface area (Å²) in [5, 5.41) is 0. The van der Waals surface area contributed by atoms with Crippen LogP contribution in [0.3, 0.4) is 0 Å². The summed E-state index contributed by atoms with van der Waals surface area (Å²) in [5.41, 5.74) is 1.45. The Kier molecular flexibility index (Phi) is 21.0. The maximum Gasteiger partial charge on any atom is -0.0346 e. The van der Waals surface area contributed by atoms with Gasteiger partial charge in [0.15, 0.2) is 0 Å². The molecule has 88 valence electrons. The van der Waals surface area contributed by atoms with Crippen LogP contribution < -0.4 is 0 Å². The summed E-state index contributed by atoms with van der Waals surface area (Å²) in [7, 11) is 0. The first-order chi connectivity index (χ1) is 6.16. The molecule has 0 aliphatic heterocycles. The van der Waals surface area contributed by atoms with Crippen molar-refractivity contribution >= 4 is 0 Å². The van der Waals surface area contributed by atoms with Crippen LogP contribution in [0.4, 0.5) is 0 Å². The number of allylic oxidation sites excluding steroid dienone is 2. The molecule has 0 saturated carbocycles. The molecule has 0 heterocycles. The fourth-order valence-corrected chi connectivity index (χ4v) is 1.29. The van der Waals surface area contributed by atoms with Crippen LogP contribution in [0.15, 0.2) is 11.6 Å². The second kappa shape index (κ2) is 15.2. The lowest BCUT2D eigenvalue weighted by molar-refractivity contribution is 0.490. The molecule has 0 amide bonds. The summed E-state index contributed by atoms with van der Waals surface area (Å²) < 4.78 is 0. The SMILES string of the molecule is C.CC.CCCC(C)CCC=C(C)C. The zero-order chi connectivity index (χ0) is 10.7. The molecule has 0 rings (SSSR count). The zero-order valence-corrected chi connectivity index (χ0v) is 10.5. The van der Waals surface area contributed by atoms with E-state index in [0.717, 1.165) is 5.92 Å². The molecule has 1 unspecified atom stereocenters. The molecule has 0 saturated heterocycles. The molecule has 0 radical (unpaired) electrons. The second-order valence-corrected chi connectivity index (χ2v) is 3.75. The van der Waals surface area contributed by atoms with Crippen molar-refractivity contribution in [3.8, 4) is 0 Å². The maximum absolute atomic E-state index is 2.35. The van der Waals surface area contributed by atoms with E-state index in [4.69, 9.17) is 0 Å². The standard InChI is InChI=1S/C11H22.C2H6.CH4/c1-5-7-11(4)9-6-8-10(2)3;1-2;/h8,11H,5-7,9H2,1-4H3;1-2H3;1H4. The summed E-state index contributed by atoms with van der Waals surface area (Å²) >= 11 is 0. The Bertz CT molecular complexity index is 107. The number of hydrogen-bond donors (Lipinski definition) is 0. The van der Waals surface area contributed by atoms with Crippen molar-refractivity contribution in [3.05, 3.63) is 11.6 Å². The minimum atomic E-state index is 0. The van der Waals surface area contributed by atoms with Crippen LogP contribution in [0.2, 0.25) is 0 Å². The Hall–Kier alpha value is -0.260. The fraction of sp³-hybridized carbons (Fsp3) is 0.857. The lowest BCUT2D eigenvalue weighted by Gasteiger charge is -2.06. The summed E-state index contributed by atoms with van der Waals surface area (Å²) in [6.07, 6.45) is 7.68. The van der Waals surface area contributed by atoms with Gasteiger partial charge < -0.3 is 0 Å². The van der Waals surface area contributed by atoms with Gasteiger partial charge in [0.05, 0.1) is 0 Å². The van der Waals surface area contributed by atoms with E-state index in [0.29, 0.717) is 0 Å². The summed E-state index contributed by atoms with van der Waals surface area (Å²) in [6, 6.07) is 0. The van der Waals surface area contributed by atoms with Crippen molar-refractivity contribution in [1.82, 2.24) is 0 Å². The van der Waals surface area contributed by atoms with Gasteiger partial charge in [0.25, 0.3) is 0 Å². The molecule has 0 fully saturated rings. The van der Waals surface area contributed by atoms with Crippen LogP contribution in [0.1, 0.15) is 74.7 Å². The van der Waals surface area contributed by atoms with E-state index >= 15 is 0 Å². The average Bonchev–Trinajstić information content (AvgIpc) is 2.08.